The topological polar surface area (TPSA) is 12.0 Å². The van der Waals surface area contributed by atoms with Gasteiger partial charge in [0.05, 0.1) is 0 Å². The summed E-state index contributed by atoms with van der Waals surface area (Å²) in [5.41, 5.74) is 2.01. The van der Waals surface area contributed by atoms with Crippen LogP contribution in [0.1, 0.15) is 36.2 Å². The van der Waals surface area contributed by atoms with Crippen molar-refractivity contribution in [2.75, 3.05) is 7.05 Å². The van der Waals surface area contributed by atoms with Crippen LogP contribution in [0.3, 0.4) is 0 Å². The predicted octanol–water partition coefficient (Wildman–Crippen LogP) is 3.12. The van der Waals surface area contributed by atoms with Gasteiger partial charge in [0.2, 0.25) is 0 Å². The first-order valence-corrected chi connectivity index (χ1v) is 5.76. The quantitative estimate of drug-likeness (QED) is 0.781. The van der Waals surface area contributed by atoms with Crippen LogP contribution in [0.15, 0.2) is 11.4 Å². The van der Waals surface area contributed by atoms with Gasteiger partial charge in [-0.2, -0.15) is 0 Å². The zero-order valence-electron chi connectivity index (χ0n) is 8.55. The van der Waals surface area contributed by atoms with Gasteiger partial charge in [-0.05, 0) is 49.2 Å². The molecule has 1 unspecified atom stereocenters. The van der Waals surface area contributed by atoms with E-state index in [9.17, 15) is 0 Å². The molecule has 0 amide bonds. The molecule has 0 radical (unpaired) electrons. The van der Waals surface area contributed by atoms with E-state index in [4.69, 9.17) is 0 Å². The predicted molar refractivity (Wildman–Crippen MR) is 58.2 cm³/mol. The maximum absolute atomic E-state index is 3.44. The Kier molecular flexibility index (Phi) is 2.20. The van der Waals surface area contributed by atoms with Crippen LogP contribution in [0.2, 0.25) is 0 Å². The molecule has 2 rings (SSSR count). The first kappa shape index (κ1) is 9.22. The third-order valence-electron chi connectivity index (χ3n) is 3.11. The number of hydrogen-bond donors (Lipinski definition) is 1. The lowest BCUT2D eigenvalue weighted by atomic mass is 9.94. The van der Waals surface area contributed by atoms with Crippen molar-refractivity contribution in [3.8, 4) is 0 Å². The van der Waals surface area contributed by atoms with E-state index in [-0.39, 0.29) is 0 Å². The second kappa shape index (κ2) is 3.10. The van der Waals surface area contributed by atoms with E-state index in [2.05, 4.69) is 37.7 Å². The zero-order chi connectivity index (χ0) is 9.47. The maximum atomic E-state index is 3.44. The molecule has 2 heteroatoms. The van der Waals surface area contributed by atoms with Gasteiger partial charge in [0.25, 0.3) is 0 Å². The van der Waals surface area contributed by atoms with E-state index in [0.717, 1.165) is 0 Å². The number of aryl methyl sites for hydroxylation is 1. The van der Waals surface area contributed by atoms with Crippen LogP contribution in [0, 0.1) is 12.3 Å². The number of thiophene rings is 1. The minimum atomic E-state index is 0.530. The lowest BCUT2D eigenvalue weighted by molar-refractivity contribution is 0.391. The van der Waals surface area contributed by atoms with Crippen LogP contribution in [-0.2, 0) is 0 Å². The smallest absolute Gasteiger partial charge is 0.0380 e. The molecule has 0 aromatic carbocycles. The second-order valence-corrected chi connectivity index (χ2v) is 5.48. The molecule has 0 aliphatic heterocycles. The third kappa shape index (κ3) is 1.65. The molecule has 1 heterocycles. The highest BCUT2D eigenvalue weighted by Gasteiger charge is 2.44. The largest absolute Gasteiger partial charge is 0.313 e. The van der Waals surface area contributed by atoms with Gasteiger partial charge >= 0.3 is 0 Å². The molecule has 13 heavy (non-hydrogen) atoms. The summed E-state index contributed by atoms with van der Waals surface area (Å²) in [7, 11) is 2.07. The van der Waals surface area contributed by atoms with Crippen LogP contribution < -0.4 is 5.32 Å². The fraction of sp³-hybridized carbons (Fsp3) is 0.636. The van der Waals surface area contributed by atoms with Gasteiger partial charge in [-0.1, -0.05) is 6.92 Å². The normalized spacial score (nSPS) is 21.5. The molecule has 72 valence electrons. The first-order valence-electron chi connectivity index (χ1n) is 4.88. The van der Waals surface area contributed by atoms with Crippen molar-refractivity contribution >= 4 is 11.3 Å². The molecule has 1 fully saturated rings. The first-order chi connectivity index (χ1) is 6.15. The Labute approximate surface area is 84.2 Å². The highest BCUT2D eigenvalue weighted by atomic mass is 32.1. The summed E-state index contributed by atoms with van der Waals surface area (Å²) in [5, 5.41) is 5.73. The fourth-order valence-electron chi connectivity index (χ4n) is 2.02. The molecule has 1 nitrogen and oxygen atoms in total. The fourth-order valence-corrected chi connectivity index (χ4v) is 2.75. The molecule has 0 saturated heterocycles. The third-order valence-corrected chi connectivity index (χ3v) is 3.99. The molecule has 1 aromatic heterocycles. The lowest BCUT2D eigenvalue weighted by Gasteiger charge is -2.21. The highest BCUT2D eigenvalue weighted by Crippen LogP contribution is 2.54. The average Bonchev–Trinajstić information content (AvgIpc) is 2.67. The van der Waals surface area contributed by atoms with Crippen molar-refractivity contribution < 1.29 is 0 Å². The van der Waals surface area contributed by atoms with E-state index in [0.29, 0.717) is 11.5 Å². The number of hydrogen-bond acceptors (Lipinski definition) is 2. The standard InChI is InChI=1S/C11H17NS/c1-8-6-9(7-13-8)10(12-3)11(2)4-5-11/h6-7,10,12H,4-5H2,1-3H3. The summed E-state index contributed by atoms with van der Waals surface area (Å²) in [6.07, 6.45) is 2.74. The lowest BCUT2D eigenvalue weighted by Crippen LogP contribution is -2.23. The Balaban J connectivity index is 2.22. The van der Waals surface area contributed by atoms with E-state index >= 15 is 0 Å². The molecule has 1 N–H and O–H groups in total. The minimum absolute atomic E-state index is 0.530. The van der Waals surface area contributed by atoms with Crippen LogP contribution in [-0.4, -0.2) is 7.05 Å². The molecule has 1 aromatic rings. The van der Waals surface area contributed by atoms with Gasteiger partial charge in [-0.15, -0.1) is 11.3 Å². The van der Waals surface area contributed by atoms with Crippen LogP contribution in [0.5, 0.6) is 0 Å². The van der Waals surface area contributed by atoms with Crippen LogP contribution in [0.25, 0.3) is 0 Å². The molecule has 1 aliphatic carbocycles. The second-order valence-electron chi connectivity index (χ2n) is 4.37. The molecule has 1 atom stereocenters. The van der Waals surface area contributed by atoms with Gasteiger partial charge in [-0.3, -0.25) is 0 Å². The van der Waals surface area contributed by atoms with Crippen molar-refractivity contribution in [2.24, 2.45) is 5.41 Å². The van der Waals surface area contributed by atoms with E-state index in [1.54, 1.807) is 0 Å². The van der Waals surface area contributed by atoms with Crippen molar-refractivity contribution in [3.63, 3.8) is 0 Å². The van der Waals surface area contributed by atoms with Gasteiger partial charge < -0.3 is 5.32 Å². The van der Waals surface area contributed by atoms with Gasteiger partial charge in [0.15, 0.2) is 0 Å². The van der Waals surface area contributed by atoms with Gasteiger partial charge in [-0.25, -0.2) is 0 Å². The highest BCUT2D eigenvalue weighted by molar-refractivity contribution is 7.10. The average molecular weight is 195 g/mol. The summed E-state index contributed by atoms with van der Waals surface area (Å²) in [6.45, 7) is 4.55. The number of rotatable bonds is 3. The molecule has 0 spiro atoms. The van der Waals surface area contributed by atoms with Crippen molar-refractivity contribution in [1.82, 2.24) is 5.32 Å². The summed E-state index contributed by atoms with van der Waals surface area (Å²) in [6, 6.07) is 2.88. The van der Waals surface area contributed by atoms with Crippen LogP contribution in [0.4, 0.5) is 0 Å². The summed E-state index contributed by atoms with van der Waals surface area (Å²) < 4.78 is 0. The molecule has 1 aliphatic rings. The van der Waals surface area contributed by atoms with Gasteiger partial charge in [0, 0.05) is 10.9 Å². The Morgan fingerprint density at radius 3 is 2.62 bits per heavy atom. The van der Waals surface area contributed by atoms with Crippen molar-refractivity contribution in [2.45, 2.75) is 32.7 Å². The van der Waals surface area contributed by atoms with Crippen LogP contribution >= 0.6 is 11.3 Å². The zero-order valence-corrected chi connectivity index (χ0v) is 9.37. The van der Waals surface area contributed by atoms with Crippen molar-refractivity contribution in [3.05, 3.63) is 21.9 Å². The Morgan fingerprint density at radius 1 is 1.54 bits per heavy atom. The van der Waals surface area contributed by atoms with Crippen molar-refractivity contribution in [1.29, 1.82) is 0 Å². The molecule has 1 saturated carbocycles. The SMILES string of the molecule is CNC(c1csc(C)c1)C1(C)CC1. The minimum Gasteiger partial charge on any atom is -0.313 e. The molecular weight excluding hydrogens is 178 g/mol. The van der Waals surface area contributed by atoms with E-state index in [1.807, 2.05) is 11.3 Å². The summed E-state index contributed by atoms with van der Waals surface area (Å²) in [5.74, 6) is 0. The maximum Gasteiger partial charge on any atom is 0.0380 e. The summed E-state index contributed by atoms with van der Waals surface area (Å²) >= 11 is 1.85. The van der Waals surface area contributed by atoms with E-state index in [1.165, 1.54) is 23.3 Å². The van der Waals surface area contributed by atoms with Gasteiger partial charge in [0.1, 0.15) is 0 Å². The van der Waals surface area contributed by atoms with E-state index < -0.39 is 0 Å². The molecule has 0 bridgehead atoms. The Hall–Kier alpha value is -0.340. The monoisotopic (exact) mass is 195 g/mol. The molecular formula is C11H17NS. The summed E-state index contributed by atoms with van der Waals surface area (Å²) in [4.78, 5) is 1.42. The number of nitrogens with one attached hydrogen (secondary N) is 1. The Morgan fingerprint density at radius 2 is 2.23 bits per heavy atom. The Bertz CT molecular complexity index is 299.